The van der Waals surface area contributed by atoms with Gasteiger partial charge in [0.05, 0.1) is 13.4 Å². The van der Waals surface area contributed by atoms with Crippen molar-refractivity contribution in [3.8, 4) is 5.75 Å². The molecule has 0 heterocycles. The maximum atomic E-state index is 10.9. The zero-order chi connectivity index (χ0) is 15.3. The molecule has 5 nitrogen and oxygen atoms in total. The Balaban J connectivity index is 1.91. The third-order valence-corrected chi connectivity index (χ3v) is 3.84. The van der Waals surface area contributed by atoms with Gasteiger partial charge in [-0.25, -0.2) is 13.1 Å². The van der Waals surface area contributed by atoms with Crippen molar-refractivity contribution in [1.29, 1.82) is 0 Å². The summed E-state index contributed by atoms with van der Waals surface area (Å²) in [6.45, 7) is 1.69. The van der Waals surface area contributed by atoms with E-state index in [1.807, 2.05) is 18.2 Å². The van der Waals surface area contributed by atoms with Crippen LogP contribution in [0.1, 0.15) is 5.56 Å². The lowest BCUT2D eigenvalue weighted by Crippen LogP contribution is -2.30. The second kappa shape index (κ2) is 6.89. The van der Waals surface area contributed by atoms with Crippen LogP contribution in [-0.4, -0.2) is 34.9 Å². The quantitative estimate of drug-likeness (QED) is 0.761. The number of sulfonamides is 1. The first-order valence-electron chi connectivity index (χ1n) is 6.70. The molecular formula is C15H20N2O3S. The molecule has 2 aromatic rings. The van der Waals surface area contributed by atoms with Gasteiger partial charge in [-0.15, -0.1) is 0 Å². The summed E-state index contributed by atoms with van der Waals surface area (Å²) in [6, 6.07) is 12.2. The van der Waals surface area contributed by atoms with E-state index in [2.05, 4.69) is 28.2 Å². The molecule has 0 unspecified atom stereocenters. The van der Waals surface area contributed by atoms with E-state index in [9.17, 15) is 8.42 Å². The Morgan fingerprint density at radius 3 is 2.48 bits per heavy atom. The molecule has 114 valence electrons. The second-order valence-corrected chi connectivity index (χ2v) is 6.72. The molecule has 6 heteroatoms. The zero-order valence-electron chi connectivity index (χ0n) is 12.2. The molecule has 2 rings (SSSR count). The van der Waals surface area contributed by atoms with Crippen LogP contribution in [0.15, 0.2) is 36.4 Å². The van der Waals surface area contributed by atoms with Crippen LogP contribution < -0.4 is 14.8 Å². The molecule has 0 fully saturated rings. The topological polar surface area (TPSA) is 67.4 Å². The van der Waals surface area contributed by atoms with E-state index in [1.54, 1.807) is 7.11 Å². The fourth-order valence-electron chi connectivity index (χ4n) is 2.07. The van der Waals surface area contributed by atoms with Crippen molar-refractivity contribution in [3.05, 3.63) is 42.0 Å². The van der Waals surface area contributed by atoms with Crippen molar-refractivity contribution in [1.82, 2.24) is 10.0 Å². The highest BCUT2D eigenvalue weighted by Gasteiger charge is 2.00. The van der Waals surface area contributed by atoms with Crippen LogP contribution in [0.2, 0.25) is 0 Å². The highest BCUT2D eigenvalue weighted by molar-refractivity contribution is 7.88. The third-order valence-electron chi connectivity index (χ3n) is 3.11. The van der Waals surface area contributed by atoms with Crippen molar-refractivity contribution in [2.75, 3.05) is 26.5 Å². The van der Waals surface area contributed by atoms with Gasteiger partial charge in [-0.05, 0) is 34.5 Å². The van der Waals surface area contributed by atoms with E-state index in [0.29, 0.717) is 19.6 Å². The Labute approximate surface area is 125 Å². The van der Waals surface area contributed by atoms with Crippen molar-refractivity contribution in [2.45, 2.75) is 6.54 Å². The molecule has 2 aromatic carbocycles. The number of fused-ring (bicyclic) bond motifs is 1. The van der Waals surface area contributed by atoms with Gasteiger partial charge in [0.15, 0.2) is 0 Å². The highest BCUT2D eigenvalue weighted by Crippen LogP contribution is 2.21. The molecule has 0 atom stereocenters. The molecule has 0 aromatic heterocycles. The SMILES string of the molecule is COc1ccc2cc(CNCCNS(C)(=O)=O)ccc2c1. The van der Waals surface area contributed by atoms with Crippen LogP contribution in [0.25, 0.3) is 10.8 Å². The Hall–Kier alpha value is -1.63. The molecular weight excluding hydrogens is 288 g/mol. The lowest BCUT2D eigenvalue weighted by molar-refractivity contribution is 0.415. The second-order valence-electron chi connectivity index (χ2n) is 4.89. The van der Waals surface area contributed by atoms with Gasteiger partial charge in [-0.1, -0.05) is 18.2 Å². The monoisotopic (exact) mass is 308 g/mol. The predicted octanol–water partition coefficient (Wildman–Crippen LogP) is 1.49. The summed E-state index contributed by atoms with van der Waals surface area (Å²) in [5.41, 5.74) is 1.16. The Bertz CT molecular complexity index is 714. The predicted molar refractivity (Wildman–Crippen MR) is 85.1 cm³/mol. The molecule has 0 bridgehead atoms. The first-order valence-corrected chi connectivity index (χ1v) is 8.59. The number of nitrogens with one attached hydrogen (secondary N) is 2. The fourth-order valence-corrected chi connectivity index (χ4v) is 2.54. The van der Waals surface area contributed by atoms with Crippen LogP contribution in [0.3, 0.4) is 0 Å². The van der Waals surface area contributed by atoms with Gasteiger partial charge in [0, 0.05) is 19.6 Å². The van der Waals surface area contributed by atoms with E-state index < -0.39 is 10.0 Å². The molecule has 0 radical (unpaired) electrons. The molecule has 0 amide bonds. The van der Waals surface area contributed by atoms with Gasteiger partial charge >= 0.3 is 0 Å². The smallest absolute Gasteiger partial charge is 0.208 e. The number of methoxy groups -OCH3 is 1. The van der Waals surface area contributed by atoms with Gasteiger partial charge < -0.3 is 10.1 Å². The van der Waals surface area contributed by atoms with Crippen molar-refractivity contribution in [3.63, 3.8) is 0 Å². The van der Waals surface area contributed by atoms with Crippen LogP contribution >= 0.6 is 0 Å². The summed E-state index contributed by atoms with van der Waals surface area (Å²) < 4.78 is 29.5. The molecule has 0 saturated carbocycles. The van der Waals surface area contributed by atoms with Gasteiger partial charge in [0.1, 0.15) is 5.75 Å². The first kappa shape index (κ1) is 15.8. The van der Waals surface area contributed by atoms with Crippen molar-refractivity contribution in [2.24, 2.45) is 0 Å². The highest BCUT2D eigenvalue weighted by atomic mass is 32.2. The maximum Gasteiger partial charge on any atom is 0.208 e. The average Bonchev–Trinajstić information content (AvgIpc) is 2.45. The molecule has 0 aliphatic heterocycles. The summed E-state index contributed by atoms with van der Waals surface area (Å²) in [5, 5.41) is 5.50. The van der Waals surface area contributed by atoms with Crippen LogP contribution in [0, 0.1) is 0 Å². The molecule has 0 saturated heterocycles. The molecule has 2 N–H and O–H groups in total. The number of hydrogen-bond donors (Lipinski definition) is 2. The molecule has 21 heavy (non-hydrogen) atoms. The van der Waals surface area contributed by atoms with Gasteiger partial charge in [-0.2, -0.15) is 0 Å². The molecule has 0 spiro atoms. The van der Waals surface area contributed by atoms with E-state index >= 15 is 0 Å². The Morgan fingerprint density at radius 1 is 1.05 bits per heavy atom. The minimum atomic E-state index is -3.11. The van der Waals surface area contributed by atoms with Crippen molar-refractivity contribution < 1.29 is 13.2 Å². The number of rotatable bonds is 7. The largest absolute Gasteiger partial charge is 0.497 e. The van der Waals surface area contributed by atoms with Gasteiger partial charge in [0.25, 0.3) is 0 Å². The number of benzene rings is 2. The molecule has 0 aliphatic carbocycles. The Morgan fingerprint density at radius 2 is 1.76 bits per heavy atom. The summed E-state index contributed by atoms with van der Waals surface area (Å²) in [7, 11) is -1.45. The average molecular weight is 308 g/mol. The normalized spacial score (nSPS) is 11.7. The standard InChI is InChI=1S/C15H20N2O3S/c1-20-15-6-5-13-9-12(3-4-14(13)10-15)11-16-7-8-17-21(2,18)19/h3-6,9-10,16-17H,7-8,11H2,1-2H3. The maximum absolute atomic E-state index is 10.9. The summed E-state index contributed by atoms with van der Waals surface area (Å²) in [4.78, 5) is 0. The summed E-state index contributed by atoms with van der Waals surface area (Å²) in [5.74, 6) is 0.847. The molecule has 0 aliphatic rings. The van der Waals surface area contributed by atoms with Gasteiger partial charge in [-0.3, -0.25) is 0 Å². The number of ether oxygens (including phenoxy) is 1. The van der Waals surface area contributed by atoms with Gasteiger partial charge in [0.2, 0.25) is 10.0 Å². The van der Waals surface area contributed by atoms with E-state index in [1.165, 1.54) is 0 Å². The minimum Gasteiger partial charge on any atom is -0.497 e. The Kier molecular flexibility index (Phi) is 5.17. The zero-order valence-corrected chi connectivity index (χ0v) is 13.0. The van der Waals surface area contributed by atoms with E-state index in [-0.39, 0.29) is 0 Å². The van der Waals surface area contributed by atoms with E-state index in [4.69, 9.17) is 4.74 Å². The lowest BCUT2D eigenvalue weighted by atomic mass is 10.1. The lowest BCUT2D eigenvalue weighted by Gasteiger charge is -2.07. The van der Waals surface area contributed by atoms with Crippen molar-refractivity contribution >= 4 is 20.8 Å². The first-order chi connectivity index (χ1) is 9.98. The minimum absolute atomic E-state index is 0.392. The van der Waals surface area contributed by atoms with Crippen LogP contribution in [0.5, 0.6) is 5.75 Å². The number of hydrogen-bond acceptors (Lipinski definition) is 4. The fraction of sp³-hybridized carbons (Fsp3) is 0.333. The third kappa shape index (κ3) is 5.00. The van der Waals surface area contributed by atoms with Crippen LogP contribution in [0.4, 0.5) is 0 Å². The summed E-state index contributed by atoms with van der Waals surface area (Å²) >= 11 is 0. The van der Waals surface area contributed by atoms with E-state index in [0.717, 1.165) is 28.3 Å². The summed E-state index contributed by atoms with van der Waals surface area (Å²) in [6.07, 6.45) is 1.16. The van der Waals surface area contributed by atoms with Crippen LogP contribution in [-0.2, 0) is 16.6 Å².